The summed E-state index contributed by atoms with van der Waals surface area (Å²) < 4.78 is 39.3. The van der Waals surface area contributed by atoms with E-state index in [0.29, 0.717) is 16.1 Å². The number of hydrogen-bond acceptors (Lipinski definition) is 11. The monoisotopic (exact) mass is 552 g/mol. The van der Waals surface area contributed by atoms with Gasteiger partial charge in [-0.1, -0.05) is 12.1 Å². The number of amides is 1. The van der Waals surface area contributed by atoms with Gasteiger partial charge in [0.05, 0.1) is 44.2 Å². The summed E-state index contributed by atoms with van der Waals surface area (Å²) in [6.07, 6.45) is 0.0935. The molecule has 2 unspecified atom stereocenters. The van der Waals surface area contributed by atoms with Crippen LogP contribution in [0.25, 0.3) is 0 Å². The Morgan fingerprint density at radius 2 is 1.95 bits per heavy atom. The van der Waals surface area contributed by atoms with Crippen molar-refractivity contribution in [3.05, 3.63) is 41.9 Å². The van der Waals surface area contributed by atoms with E-state index in [2.05, 4.69) is 30.7 Å². The van der Waals surface area contributed by atoms with Gasteiger partial charge in [-0.25, -0.2) is 19.3 Å². The number of nitrogens with zero attached hydrogens (tertiary/aromatic N) is 5. The molecule has 208 valence electrons. The molecule has 4 rings (SSSR count). The Hall–Kier alpha value is -3.08. The van der Waals surface area contributed by atoms with Gasteiger partial charge in [-0.3, -0.25) is 13.5 Å². The number of benzene rings is 1. The molecule has 3 heterocycles. The minimum Gasteiger partial charge on any atom is -0.507 e. The lowest BCUT2D eigenvalue weighted by Gasteiger charge is -2.46. The number of aliphatic hydroxyl groups excluding tert-OH is 1. The second-order valence-electron chi connectivity index (χ2n) is 9.09. The zero-order valence-corrected chi connectivity index (χ0v) is 22.3. The Labute approximate surface area is 221 Å². The lowest BCUT2D eigenvalue weighted by Crippen LogP contribution is -2.62. The number of imidazole rings is 1. The molecule has 38 heavy (non-hydrogen) atoms. The third-order valence-electron chi connectivity index (χ3n) is 7.18. The Kier molecular flexibility index (Phi) is 8.06. The van der Waals surface area contributed by atoms with E-state index in [1.54, 1.807) is 15.6 Å². The molecule has 2 aliphatic rings. The van der Waals surface area contributed by atoms with E-state index in [9.17, 15) is 23.4 Å². The van der Waals surface area contributed by atoms with Crippen LogP contribution in [0, 0.1) is 0 Å². The number of aromatic hydroxyl groups is 1. The molecule has 5 N–H and O–H groups in total. The summed E-state index contributed by atoms with van der Waals surface area (Å²) in [5.41, 5.74) is 6.91. The molecule has 0 saturated carbocycles. The molecule has 0 radical (unpaired) electrons. The van der Waals surface area contributed by atoms with Gasteiger partial charge in [-0.2, -0.15) is 13.4 Å². The van der Waals surface area contributed by atoms with Gasteiger partial charge in [0.2, 0.25) is 0 Å². The zero-order chi connectivity index (χ0) is 27.7. The molecule has 2 aliphatic heterocycles. The molecule has 0 bridgehead atoms. The summed E-state index contributed by atoms with van der Waals surface area (Å²) in [6, 6.07) is 5.48. The number of hydrogen-bond donors (Lipinski definition) is 4. The maximum absolute atomic E-state index is 12.3. The zero-order valence-electron chi connectivity index (χ0n) is 21.5. The van der Waals surface area contributed by atoms with Crippen LogP contribution in [0.15, 0.2) is 35.6 Å². The first kappa shape index (κ1) is 27.9. The Morgan fingerprint density at radius 3 is 2.61 bits per heavy atom. The fourth-order valence-corrected chi connectivity index (χ4v) is 5.53. The molecule has 0 aliphatic carbocycles. The Balaban J connectivity index is 1.41. The van der Waals surface area contributed by atoms with Crippen LogP contribution < -0.4 is 10.5 Å². The van der Waals surface area contributed by atoms with Gasteiger partial charge in [0, 0.05) is 6.42 Å². The molecule has 1 aromatic heterocycles. The number of nitrogens with two attached hydrogens (primary N) is 1. The number of quaternary nitrogens is 1. The smallest absolute Gasteiger partial charge is 0.362 e. The fraction of sp³-hybridized carbons (Fsp3) is 0.522. The van der Waals surface area contributed by atoms with E-state index >= 15 is 0 Å². The number of carbonyl (C=O) groups is 1. The SMILES string of the molecule is CC[N+](CC)(CC)N1C=Nc2c(ncn2[C@H]2CC(O)[C@@H](COS(=O)(=O)NC(=O)c3ccccc3O)O2)C1N. The average molecular weight is 553 g/mol. The third-order valence-corrected chi connectivity index (χ3v) is 8.06. The van der Waals surface area contributed by atoms with E-state index < -0.39 is 47.4 Å². The minimum atomic E-state index is -4.55. The average Bonchev–Trinajstić information content (AvgIpc) is 3.49. The predicted molar refractivity (Wildman–Crippen MR) is 136 cm³/mol. The fourth-order valence-electron chi connectivity index (χ4n) is 4.82. The lowest BCUT2D eigenvalue weighted by molar-refractivity contribution is -1.02. The molecular formula is C23H34N7O7S+. The predicted octanol–water partition coefficient (Wildman–Crippen LogP) is 0.653. The number of rotatable bonds is 10. The number of ether oxygens (including phenoxy) is 1. The van der Waals surface area contributed by atoms with Crippen molar-refractivity contribution < 1.29 is 36.9 Å². The van der Waals surface area contributed by atoms with Crippen LogP contribution in [0.1, 0.15) is 55.6 Å². The summed E-state index contributed by atoms with van der Waals surface area (Å²) in [6.45, 7) is 8.23. The Bertz CT molecular complexity index is 1290. The van der Waals surface area contributed by atoms with Crippen LogP contribution in [-0.4, -0.2) is 88.5 Å². The molecule has 1 amide bonds. The quantitative estimate of drug-likeness (QED) is 0.306. The highest BCUT2D eigenvalue weighted by molar-refractivity contribution is 7.85. The molecule has 15 heteroatoms. The summed E-state index contributed by atoms with van der Waals surface area (Å²) >= 11 is 0. The lowest BCUT2D eigenvalue weighted by atomic mass is 10.2. The van der Waals surface area contributed by atoms with Crippen molar-refractivity contribution in [2.24, 2.45) is 10.7 Å². The van der Waals surface area contributed by atoms with Crippen LogP contribution in [-0.2, 0) is 19.2 Å². The van der Waals surface area contributed by atoms with Gasteiger partial charge in [-0.15, -0.1) is 0 Å². The number of aliphatic imine (C=N–C) groups is 1. The minimum absolute atomic E-state index is 0.133. The van der Waals surface area contributed by atoms with Gasteiger partial charge in [0.15, 0.2) is 12.0 Å². The normalized spacial score (nSPS) is 23.4. The van der Waals surface area contributed by atoms with Gasteiger partial charge < -0.3 is 20.7 Å². The number of phenolic OH excluding ortho intramolecular Hbond substituents is 1. The number of phenols is 1. The molecule has 1 fully saturated rings. The van der Waals surface area contributed by atoms with Crippen LogP contribution >= 0.6 is 0 Å². The number of nitrogens with one attached hydrogen (secondary N) is 1. The molecular weight excluding hydrogens is 518 g/mol. The van der Waals surface area contributed by atoms with Gasteiger partial charge in [-0.05, 0) is 32.9 Å². The van der Waals surface area contributed by atoms with Gasteiger partial charge in [0.1, 0.15) is 30.1 Å². The van der Waals surface area contributed by atoms with E-state index in [4.69, 9.17) is 14.7 Å². The second kappa shape index (κ2) is 11.0. The largest absolute Gasteiger partial charge is 0.507 e. The second-order valence-corrected chi connectivity index (χ2v) is 10.4. The number of aromatic nitrogens is 2. The Morgan fingerprint density at radius 1 is 1.26 bits per heavy atom. The van der Waals surface area contributed by atoms with Crippen LogP contribution in [0.2, 0.25) is 0 Å². The molecule has 2 aromatic rings. The first-order chi connectivity index (χ1) is 18.1. The van der Waals surface area contributed by atoms with Crippen molar-refractivity contribution in [3.63, 3.8) is 0 Å². The number of fused-ring (bicyclic) bond motifs is 1. The van der Waals surface area contributed by atoms with Crippen LogP contribution in [0.4, 0.5) is 5.82 Å². The topological polar surface area (TPSA) is 182 Å². The van der Waals surface area contributed by atoms with E-state index in [-0.39, 0.29) is 17.7 Å². The van der Waals surface area contributed by atoms with E-state index in [1.807, 2.05) is 5.01 Å². The highest BCUT2D eigenvalue weighted by Gasteiger charge is 2.41. The van der Waals surface area contributed by atoms with Crippen molar-refractivity contribution in [3.8, 4) is 5.75 Å². The number of carbonyl (C=O) groups excluding carboxylic acids is 1. The van der Waals surface area contributed by atoms with Crippen molar-refractivity contribution in [1.82, 2.24) is 19.3 Å². The standard InChI is InChI=1S/C23H33N7O7S/c1-4-30(5-2,6-3)29-14-26-22-20(21(29)24)25-13-28(22)19-11-17(32)18(37-19)12-36-38(34,35)27-23(33)15-9-7-8-10-16(15)31/h7-10,13-14,17-19,21,32H,4-6,11-12,24H2,1-3H3,(H-,27,31,33)/p+1/t17?,18-,19-,21?/m1/s1. The van der Waals surface area contributed by atoms with Crippen molar-refractivity contribution in [2.45, 2.75) is 51.8 Å². The highest BCUT2D eigenvalue weighted by Crippen LogP contribution is 2.38. The summed E-state index contributed by atoms with van der Waals surface area (Å²) in [5, 5.41) is 22.3. The summed E-state index contributed by atoms with van der Waals surface area (Å²) in [4.78, 5) is 21.3. The molecule has 0 spiro atoms. The summed E-state index contributed by atoms with van der Waals surface area (Å²) in [7, 11) is -4.55. The van der Waals surface area contributed by atoms with E-state index in [0.717, 1.165) is 19.6 Å². The summed E-state index contributed by atoms with van der Waals surface area (Å²) in [5.74, 6) is -0.939. The molecule has 1 aromatic carbocycles. The number of para-hydroxylation sites is 1. The number of aliphatic hydroxyl groups is 1. The molecule has 1 saturated heterocycles. The van der Waals surface area contributed by atoms with Crippen molar-refractivity contribution in [1.29, 1.82) is 0 Å². The first-order valence-electron chi connectivity index (χ1n) is 12.4. The first-order valence-corrected chi connectivity index (χ1v) is 13.8. The van der Waals surface area contributed by atoms with E-state index in [1.165, 1.54) is 30.6 Å². The highest BCUT2D eigenvalue weighted by atomic mass is 32.2. The van der Waals surface area contributed by atoms with Crippen LogP contribution in [0.5, 0.6) is 5.75 Å². The van der Waals surface area contributed by atoms with Crippen molar-refractivity contribution >= 4 is 28.4 Å². The molecule has 14 nitrogen and oxygen atoms in total. The van der Waals surface area contributed by atoms with Gasteiger partial charge >= 0.3 is 10.3 Å². The van der Waals surface area contributed by atoms with Gasteiger partial charge in [0.25, 0.3) is 5.91 Å². The maximum Gasteiger partial charge on any atom is 0.362 e. The maximum atomic E-state index is 12.3. The van der Waals surface area contributed by atoms with Crippen molar-refractivity contribution in [2.75, 3.05) is 26.2 Å². The van der Waals surface area contributed by atoms with Crippen LogP contribution in [0.3, 0.4) is 0 Å². The third kappa shape index (κ3) is 5.25. The molecule has 4 atom stereocenters.